The van der Waals surface area contributed by atoms with Gasteiger partial charge >= 0.3 is 0 Å². The number of carbonyl (C=O) groups excluding carboxylic acids is 1. The summed E-state index contributed by atoms with van der Waals surface area (Å²) in [6.45, 7) is 8.03. The van der Waals surface area contributed by atoms with Crippen molar-refractivity contribution in [1.29, 1.82) is 0 Å². The fourth-order valence-corrected chi connectivity index (χ4v) is 6.30. The van der Waals surface area contributed by atoms with Gasteiger partial charge in [0, 0.05) is 95.3 Å². The van der Waals surface area contributed by atoms with Crippen molar-refractivity contribution in [3.8, 4) is 11.5 Å². The fourth-order valence-electron chi connectivity index (χ4n) is 6.30. The molecule has 0 spiro atoms. The zero-order valence-electron chi connectivity index (χ0n) is 23.2. The average molecular weight is 553 g/mol. The summed E-state index contributed by atoms with van der Waals surface area (Å²) in [4.78, 5) is 17.7. The van der Waals surface area contributed by atoms with Crippen molar-refractivity contribution in [2.45, 2.75) is 50.2 Å². The highest BCUT2D eigenvalue weighted by Gasteiger charge is 2.28. The molecule has 0 bridgehead atoms. The van der Waals surface area contributed by atoms with Gasteiger partial charge in [-0.25, -0.2) is 4.39 Å². The number of nitrogens with zero attached hydrogens (tertiary/aromatic N) is 2. The Morgan fingerprint density at radius 1 is 0.850 bits per heavy atom. The number of anilines is 1. The number of nitrogens with one attached hydrogen (secondary N) is 2. The number of likely N-dealkylation sites (tertiary alicyclic amines) is 1. The molecule has 9 heteroatoms. The maximum absolute atomic E-state index is 14.4. The molecule has 4 aliphatic rings. The summed E-state index contributed by atoms with van der Waals surface area (Å²) in [6, 6.07) is 10.9. The standard InChI is InChI=1S/C31H41FN4O4/c32-24-18-25(35-13-9-33-10-14-35)20-28(19-24)39-26-4-11-36(12-5-26)31(37)23-1-2-30(40-27-3-8-34-21-27)29(17-23)22-6-15-38-16-7-22/h1-2,17-20,22,26-27,33-34H,3-16,21H2/t27-/m0/s1. The second-order valence-corrected chi connectivity index (χ2v) is 11.4. The van der Waals surface area contributed by atoms with Crippen molar-refractivity contribution in [2.24, 2.45) is 0 Å². The van der Waals surface area contributed by atoms with E-state index in [4.69, 9.17) is 14.2 Å². The first kappa shape index (κ1) is 27.3. The molecule has 2 aromatic carbocycles. The highest BCUT2D eigenvalue weighted by atomic mass is 19.1. The van der Waals surface area contributed by atoms with E-state index in [-0.39, 0.29) is 23.9 Å². The monoisotopic (exact) mass is 552 g/mol. The normalized spacial score (nSPS) is 22.9. The van der Waals surface area contributed by atoms with Crippen LogP contribution in [0.3, 0.4) is 0 Å². The van der Waals surface area contributed by atoms with Crippen LogP contribution in [0, 0.1) is 5.82 Å². The molecule has 0 aliphatic carbocycles. The maximum Gasteiger partial charge on any atom is 0.253 e. The molecule has 4 saturated heterocycles. The minimum absolute atomic E-state index is 0.0460. The first-order valence-electron chi connectivity index (χ1n) is 14.9. The molecule has 4 fully saturated rings. The van der Waals surface area contributed by atoms with Crippen LogP contribution >= 0.6 is 0 Å². The summed E-state index contributed by atoms with van der Waals surface area (Å²) in [7, 11) is 0. The van der Waals surface area contributed by atoms with Crippen LogP contribution in [0.4, 0.5) is 10.1 Å². The quantitative estimate of drug-likeness (QED) is 0.544. The molecule has 1 atom stereocenters. The van der Waals surface area contributed by atoms with E-state index in [0.29, 0.717) is 43.2 Å². The predicted octanol–water partition coefficient (Wildman–Crippen LogP) is 3.55. The zero-order chi connectivity index (χ0) is 27.3. The lowest BCUT2D eigenvalue weighted by atomic mass is 9.89. The number of piperidine rings is 1. The van der Waals surface area contributed by atoms with E-state index >= 15 is 0 Å². The van der Waals surface area contributed by atoms with Gasteiger partial charge in [0.15, 0.2) is 0 Å². The molecule has 4 heterocycles. The summed E-state index contributed by atoms with van der Waals surface area (Å²) in [6.07, 6.45) is 4.44. The number of rotatable bonds is 7. The number of hydrogen-bond donors (Lipinski definition) is 2. The third kappa shape index (κ3) is 6.53. The van der Waals surface area contributed by atoms with Gasteiger partial charge in [0.05, 0.1) is 0 Å². The molecule has 216 valence electrons. The van der Waals surface area contributed by atoms with Crippen molar-refractivity contribution in [3.63, 3.8) is 0 Å². The lowest BCUT2D eigenvalue weighted by Gasteiger charge is -2.33. The Labute approximate surface area is 236 Å². The summed E-state index contributed by atoms with van der Waals surface area (Å²) in [5.41, 5.74) is 2.70. The third-order valence-electron chi connectivity index (χ3n) is 8.60. The van der Waals surface area contributed by atoms with Crippen molar-refractivity contribution in [2.75, 3.05) is 70.5 Å². The van der Waals surface area contributed by atoms with Gasteiger partial charge in [0.25, 0.3) is 5.91 Å². The van der Waals surface area contributed by atoms with Crippen LogP contribution in [0.15, 0.2) is 36.4 Å². The van der Waals surface area contributed by atoms with Crippen molar-refractivity contribution in [1.82, 2.24) is 15.5 Å². The second kappa shape index (κ2) is 12.7. The number of piperazine rings is 1. The summed E-state index contributed by atoms with van der Waals surface area (Å²) in [5, 5.41) is 6.69. The Morgan fingerprint density at radius 3 is 2.40 bits per heavy atom. The minimum Gasteiger partial charge on any atom is -0.490 e. The SMILES string of the molecule is O=C(c1ccc(O[C@H]2CCNC2)c(C2CCOCC2)c1)N1CCC(Oc2cc(F)cc(N3CCNCC3)c2)CC1. The Kier molecular flexibility index (Phi) is 8.70. The van der Waals surface area contributed by atoms with Gasteiger partial charge in [-0.3, -0.25) is 4.79 Å². The third-order valence-corrected chi connectivity index (χ3v) is 8.60. The van der Waals surface area contributed by atoms with Gasteiger partial charge in [-0.1, -0.05) is 0 Å². The molecule has 0 aromatic heterocycles. The smallest absolute Gasteiger partial charge is 0.253 e. The van der Waals surface area contributed by atoms with Crippen LogP contribution in [0.25, 0.3) is 0 Å². The molecule has 40 heavy (non-hydrogen) atoms. The van der Waals surface area contributed by atoms with Crippen LogP contribution in [0.1, 0.15) is 53.9 Å². The van der Waals surface area contributed by atoms with Crippen molar-refractivity contribution < 1.29 is 23.4 Å². The minimum atomic E-state index is -0.282. The average Bonchev–Trinajstić information content (AvgIpc) is 3.51. The number of amides is 1. The molecule has 1 amide bonds. The van der Waals surface area contributed by atoms with E-state index in [0.717, 1.165) is 88.7 Å². The van der Waals surface area contributed by atoms with Gasteiger partial charge in [0.2, 0.25) is 0 Å². The van der Waals surface area contributed by atoms with Crippen LogP contribution in [0.5, 0.6) is 11.5 Å². The fraction of sp³-hybridized carbons (Fsp3) is 0.581. The molecule has 2 aromatic rings. The molecule has 4 aliphatic heterocycles. The number of ether oxygens (including phenoxy) is 3. The van der Waals surface area contributed by atoms with E-state index in [9.17, 15) is 9.18 Å². The molecular formula is C31H41FN4O4. The molecular weight excluding hydrogens is 511 g/mol. The topological polar surface area (TPSA) is 75.3 Å². The van der Waals surface area contributed by atoms with Crippen molar-refractivity contribution in [3.05, 3.63) is 53.3 Å². The van der Waals surface area contributed by atoms with Gasteiger partial charge in [-0.15, -0.1) is 0 Å². The van der Waals surface area contributed by atoms with Gasteiger partial charge in [-0.05, 0) is 61.6 Å². The zero-order valence-corrected chi connectivity index (χ0v) is 23.2. The summed E-state index contributed by atoms with van der Waals surface area (Å²) in [5.74, 6) is 1.57. The van der Waals surface area contributed by atoms with Crippen LogP contribution in [-0.2, 0) is 4.74 Å². The number of carbonyl (C=O) groups is 1. The Hall–Kier alpha value is -2.88. The van der Waals surface area contributed by atoms with E-state index in [1.54, 1.807) is 6.07 Å². The first-order chi connectivity index (χ1) is 19.6. The Bertz CT molecular complexity index is 1150. The van der Waals surface area contributed by atoms with E-state index in [1.807, 2.05) is 23.1 Å². The molecule has 6 rings (SSSR count). The van der Waals surface area contributed by atoms with Crippen LogP contribution in [-0.4, -0.2) is 88.6 Å². The molecule has 8 nitrogen and oxygen atoms in total. The highest BCUT2D eigenvalue weighted by Crippen LogP contribution is 2.36. The predicted molar refractivity (Wildman–Crippen MR) is 152 cm³/mol. The van der Waals surface area contributed by atoms with Crippen LogP contribution in [0.2, 0.25) is 0 Å². The number of halogens is 1. The first-order valence-corrected chi connectivity index (χ1v) is 14.9. The molecule has 2 N–H and O–H groups in total. The number of hydrogen-bond acceptors (Lipinski definition) is 7. The molecule has 0 unspecified atom stereocenters. The lowest BCUT2D eigenvalue weighted by molar-refractivity contribution is 0.0595. The lowest BCUT2D eigenvalue weighted by Crippen LogP contribution is -2.43. The van der Waals surface area contributed by atoms with E-state index < -0.39 is 0 Å². The second-order valence-electron chi connectivity index (χ2n) is 11.4. The van der Waals surface area contributed by atoms with Gasteiger partial charge in [-0.2, -0.15) is 0 Å². The number of benzene rings is 2. The summed E-state index contributed by atoms with van der Waals surface area (Å²) < 4.78 is 32.6. The Balaban J connectivity index is 1.09. The summed E-state index contributed by atoms with van der Waals surface area (Å²) >= 11 is 0. The Morgan fingerprint density at radius 2 is 1.65 bits per heavy atom. The maximum atomic E-state index is 14.4. The van der Waals surface area contributed by atoms with Crippen LogP contribution < -0.4 is 25.0 Å². The van der Waals surface area contributed by atoms with Gasteiger partial charge < -0.3 is 34.6 Å². The van der Waals surface area contributed by atoms with E-state index in [2.05, 4.69) is 21.6 Å². The van der Waals surface area contributed by atoms with Crippen molar-refractivity contribution >= 4 is 11.6 Å². The highest BCUT2D eigenvalue weighted by molar-refractivity contribution is 5.94. The largest absolute Gasteiger partial charge is 0.490 e. The van der Waals surface area contributed by atoms with Gasteiger partial charge in [0.1, 0.15) is 29.5 Å². The molecule has 0 saturated carbocycles. The van der Waals surface area contributed by atoms with E-state index in [1.165, 1.54) is 6.07 Å². The molecule has 0 radical (unpaired) electrons.